The predicted molar refractivity (Wildman–Crippen MR) is 110 cm³/mol. The number of aromatic amines is 1. The first kappa shape index (κ1) is 18.9. The van der Waals surface area contributed by atoms with Gasteiger partial charge in [-0.05, 0) is 36.2 Å². The van der Waals surface area contributed by atoms with Crippen molar-refractivity contribution in [1.82, 2.24) is 35.3 Å². The molecule has 9 heteroatoms. The summed E-state index contributed by atoms with van der Waals surface area (Å²) >= 11 is 1.50. The summed E-state index contributed by atoms with van der Waals surface area (Å²) in [5.74, 6) is 0.520. The highest BCUT2D eigenvalue weighted by Gasteiger charge is 2.15. The lowest BCUT2D eigenvalue weighted by atomic mass is 10.1. The number of nitrogens with zero attached hydrogens (tertiary/aromatic N) is 5. The van der Waals surface area contributed by atoms with Crippen molar-refractivity contribution in [2.45, 2.75) is 23.9 Å². The first-order valence-corrected chi connectivity index (χ1v) is 10.0. The molecule has 0 saturated heterocycles. The Morgan fingerprint density at radius 1 is 1.17 bits per heavy atom. The van der Waals surface area contributed by atoms with Crippen molar-refractivity contribution >= 4 is 17.7 Å². The Morgan fingerprint density at radius 2 is 2.00 bits per heavy atom. The summed E-state index contributed by atoms with van der Waals surface area (Å²) < 4.78 is 1.69. The number of benzene rings is 2. The molecule has 2 N–H and O–H groups in total. The van der Waals surface area contributed by atoms with Crippen molar-refractivity contribution in [3.05, 3.63) is 84.2 Å². The van der Waals surface area contributed by atoms with Crippen molar-refractivity contribution in [2.24, 2.45) is 0 Å². The summed E-state index contributed by atoms with van der Waals surface area (Å²) in [4.78, 5) is 20.9. The normalized spacial score (nSPS) is 11.9. The molecule has 0 radical (unpaired) electrons. The Hall–Kier alpha value is -3.46. The highest BCUT2D eigenvalue weighted by Crippen LogP contribution is 2.22. The van der Waals surface area contributed by atoms with Gasteiger partial charge in [0.05, 0.1) is 11.7 Å². The van der Waals surface area contributed by atoms with E-state index >= 15 is 0 Å². The van der Waals surface area contributed by atoms with Gasteiger partial charge in [0.2, 0.25) is 0 Å². The molecule has 8 nitrogen and oxygen atoms in total. The number of carbonyl (C=O) groups excluding carboxylic acids is 1. The second-order valence-electron chi connectivity index (χ2n) is 6.36. The zero-order valence-corrected chi connectivity index (χ0v) is 16.5. The molecule has 0 fully saturated rings. The summed E-state index contributed by atoms with van der Waals surface area (Å²) in [7, 11) is 0. The number of carbonyl (C=O) groups is 1. The van der Waals surface area contributed by atoms with E-state index in [-0.39, 0.29) is 11.9 Å². The highest BCUT2D eigenvalue weighted by atomic mass is 32.2. The fourth-order valence-corrected chi connectivity index (χ4v) is 3.68. The third-order valence-electron chi connectivity index (χ3n) is 4.44. The Bertz CT molecular complexity index is 1060. The van der Waals surface area contributed by atoms with Crippen LogP contribution in [0.4, 0.5) is 0 Å². The SMILES string of the molecule is CC(NC(=O)c1ccccc1CSc1ncn[nH]1)c1ccc(-n2cncn2)cc1. The van der Waals surface area contributed by atoms with E-state index in [0.29, 0.717) is 11.3 Å². The van der Waals surface area contributed by atoms with E-state index in [4.69, 9.17) is 0 Å². The number of aromatic nitrogens is 6. The Morgan fingerprint density at radius 3 is 2.72 bits per heavy atom. The van der Waals surface area contributed by atoms with Crippen LogP contribution in [0.2, 0.25) is 0 Å². The molecule has 0 aliphatic carbocycles. The summed E-state index contributed by atoms with van der Waals surface area (Å²) in [6.07, 6.45) is 4.61. The molecule has 2 aromatic carbocycles. The Kier molecular flexibility index (Phi) is 5.66. The van der Waals surface area contributed by atoms with Crippen LogP contribution < -0.4 is 5.32 Å². The number of hydrogen-bond acceptors (Lipinski definition) is 6. The van der Waals surface area contributed by atoms with Gasteiger partial charge < -0.3 is 5.32 Å². The second-order valence-corrected chi connectivity index (χ2v) is 7.33. The van der Waals surface area contributed by atoms with E-state index in [1.807, 2.05) is 55.5 Å². The molecular weight excluding hydrogens is 386 g/mol. The smallest absolute Gasteiger partial charge is 0.252 e. The van der Waals surface area contributed by atoms with Crippen LogP contribution in [0.1, 0.15) is 34.5 Å². The lowest BCUT2D eigenvalue weighted by molar-refractivity contribution is 0.0939. The third-order valence-corrected chi connectivity index (χ3v) is 5.37. The van der Waals surface area contributed by atoms with Crippen molar-refractivity contribution in [1.29, 1.82) is 0 Å². The van der Waals surface area contributed by atoms with E-state index in [0.717, 1.165) is 22.0 Å². The van der Waals surface area contributed by atoms with Crippen LogP contribution in [0.5, 0.6) is 0 Å². The summed E-state index contributed by atoms with van der Waals surface area (Å²) in [6.45, 7) is 1.97. The molecular formula is C20H19N7OS. The molecule has 0 saturated carbocycles. The molecule has 0 bridgehead atoms. The topological polar surface area (TPSA) is 101 Å². The van der Waals surface area contributed by atoms with E-state index in [1.165, 1.54) is 24.4 Å². The summed E-state index contributed by atoms with van der Waals surface area (Å²) in [5.41, 5.74) is 3.53. The lowest BCUT2D eigenvalue weighted by Gasteiger charge is -2.16. The van der Waals surface area contributed by atoms with Gasteiger partial charge in [0.25, 0.3) is 5.91 Å². The third kappa shape index (κ3) is 4.52. The molecule has 1 amide bonds. The van der Waals surface area contributed by atoms with Crippen LogP contribution in [-0.2, 0) is 5.75 Å². The number of thioether (sulfide) groups is 1. The van der Waals surface area contributed by atoms with E-state index in [9.17, 15) is 4.79 Å². The van der Waals surface area contributed by atoms with Crippen LogP contribution in [0.3, 0.4) is 0 Å². The van der Waals surface area contributed by atoms with Gasteiger partial charge >= 0.3 is 0 Å². The first-order chi connectivity index (χ1) is 14.2. The van der Waals surface area contributed by atoms with Gasteiger partial charge in [-0.2, -0.15) is 10.2 Å². The fraction of sp³-hybridized carbons (Fsp3) is 0.150. The van der Waals surface area contributed by atoms with Gasteiger partial charge in [-0.1, -0.05) is 42.1 Å². The molecule has 4 rings (SSSR count). The first-order valence-electron chi connectivity index (χ1n) is 9.02. The van der Waals surface area contributed by atoms with Gasteiger partial charge in [0.1, 0.15) is 19.0 Å². The molecule has 0 spiro atoms. The number of rotatable bonds is 7. The maximum atomic E-state index is 12.9. The fourth-order valence-electron chi connectivity index (χ4n) is 2.89. The van der Waals surface area contributed by atoms with E-state index in [2.05, 4.69) is 30.6 Å². The summed E-state index contributed by atoms with van der Waals surface area (Å²) in [5, 5.41) is 14.6. The molecule has 1 atom stereocenters. The van der Waals surface area contributed by atoms with E-state index in [1.54, 1.807) is 11.0 Å². The highest BCUT2D eigenvalue weighted by molar-refractivity contribution is 7.98. The van der Waals surface area contributed by atoms with Gasteiger partial charge in [-0.25, -0.2) is 14.6 Å². The van der Waals surface area contributed by atoms with Crippen LogP contribution >= 0.6 is 11.8 Å². The van der Waals surface area contributed by atoms with Crippen molar-refractivity contribution < 1.29 is 4.79 Å². The Labute approximate surface area is 171 Å². The largest absolute Gasteiger partial charge is 0.346 e. The van der Waals surface area contributed by atoms with Crippen molar-refractivity contribution in [2.75, 3.05) is 0 Å². The summed E-state index contributed by atoms with van der Waals surface area (Å²) in [6, 6.07) is 15.3. The molecule has 4 aromatic rings. The average molecular weight is 405 g/mol. The molecule has 0 aliphatic rings. The zero-order valence-electron chi connectivity index (χ0n) is 15.7. The number of hydrogen-bond donors (Lipinski definition) is 2. The van der Waals surface area contributed by atoms with Crippen molar-refractivity contribution in [3.8, 4) is 5.69 Å². The quantitative estimate of drug-likeness (QED) is 0.458. The Balaban J connectivity index is 1.43. The number of amides is 1. The molecule has 0 aliphatic heterocycles. The number of nitrogens with one attached hydrogen (secondary N) is 2. The molecule has 29 heavy (non-hydrogen) atoms. The maximum Gasteiger partial charge on any atom is 0.252 e. The van der Waals surface area contributed by atoms with Gasteiger partial charge in [0.15, 0.2) is 5.16 Å². The maximum absolute atomic E-state index is 12.9. The molecule has 1 unspecified atom stereocenters. The average Bonchev–Trinajstić information content (AvgIpc) is 3.47. The van der Waals surface area contributed by atoms with Crippen LogP contribution in [0.15, 0.2) is 72.7 Å². The minimum Gasteiger partial charge on any atom is -0.346 e. The van der Waals surface area contributed by atoms with Gasteiger partial charge in [-0.15, -0.1) is 0 Å². The standard InChI is InChI=1S/C20H19N7OS/c1-14(15-6-8-17(9-7-15)27-13-21-11-24-27)25-19(28)18-5-3-2-4-16(18)10-29-20-22-12-23-26-20/h2-9,11-14H,10H2,1H3,(H,25,28)(H,22,23,26). The lowest BCUT2D eigenvalue weighted by Crippen LogP contribution is -2.27. The van der Waals surface area contributed by atoms with Gasteiger partial charge in [0, 0.05) is 11.3 Å². The second kappa shape index (κ2) is 8.70. The van der Waals surface area contributed by atoms with Crippen LogP contribution in [-0.4, -0.2) is 35.9 Å². The zero-order chi connectivity index (χ0) is 20.1. The minimum atomic E-state index is -0.137. The molecule has 2 aromatic heterocycles. The van der Waals surface area contributed by atoms with Gasteiger partial charge in [-0.3, -0.25) is 9.89 Å². The monoisotopic (exact) mass is 405 g/mol. The van der Waals surface area contributed by atoms with E-state index < -0.39 is 0 Å². The molecule has 146 valence electrons. The molecule has 2 heterocycles. The predicted octanol–water partition coefficient (Wildman–Crippen LogP) is 3.17. The van der Waals surface area contributed by atoms with Crippen molar-refractivity contribution in [3.63, 3.8) is 0 Å². The number of H-pyrrole nitrogens is 1. The van der Waals surface area contributed by atoms with Crippen LogP contribution in [0.25, 0.3) is 5.69 Å². The minimum absolute atomic E-state index is 0.105. The van der Waals surface area contributed by atoms with Crippen LogP contribution in [0, 0.1) is 0 Å².